The Hall–Kier alpha value is -1.17. The first kappa shape index (κ1) is 19.9. The number of ether oxygens (including phenoxy) is 1. The lowest BCUT2D eigenvalue weighted by Crippen LogP contribution is -2.42. The molecule has 23 heavy (non-hydrogen) atoms. The lowest BCUT2D eigenvalue weighted by molar-refractivity contribution is 0.0451. The zero-order valence-corrected chi connectivity index (χ0v) is 16.0. The summed E-state index contributed by atoms with van der Waals surface area (Å²) in [5, 5.41) is 10.2. The smallest absolute Gasteiger partial charge is 0.338 e. The zero-order valence-electron chi connectivity index (χ0n) is 15.0. The molecule has 1 rings (SSSR count). The highest BCUT2D eigenvalue weighted by Crippen LogP contribution is 2.36. The Morgan fingerprint density at radius 1 is 1.22 bits per heavy atom. The first-order chi connectivity index (χ1) is 10.6. The molecule has 0 aliphatic heterocycles. The summed E-state index contributed by atoms with van der Waals surface area (Å²) in [6.45, 7) is 11.5. The summed E-state index contributed by atoms with van der Waals surface area (Å²) < 4.78 is 11.2. The molecular weight excluding hydrogens is 308 g/mol. The van der Waals surface area contributed by atoms with E-state index in [9.17, 15) is 9.90 Å². The predicted molar refractivity (Wildman–Crippen MR) is 95.1 cm³/mol. The molecule has 130 valence electrons. The van der Waals surface area contributed by atoms with E-state index in [1.165, 1.54) is 0 Å². The van der Waals surface area contributed by atoms with Crippen molar-refractivity contribution in [2.24, 2.45) is 0 Å². The Morgan fingerprint density at radius 3 is 2.39 bits per heavy atom. The molecule has 0 radical (unpaired) electrons. The zero-order chi connectivity index (χ0) is 17.5. The Balaban J connectivity index is 2.22. The summed E-state index contributed by atoms with van der Waals surface area (Å²) in [6.07, 6.45) is 0.677. The van der Waals surface area contributed by atoms with Crippen LogP contribution in [0, 0.1) is 0 Å². The van der Waals surface area contributed by atoms with Crippen molar-refractivity contribution in [3.05, 3.63) is 35.9 Å². The number of carbonyl (C=O) groups excluding carboxylic acids is 1. The highest BCUT2D eigenvalue weighted by atomic mass is 28.4. The van der Waals surface area contributed by atoms with Crippen molar-refractivity contribution in [3.8, 4) is 0 Å². The molecule has 0 aromatic heterocycles. The molecule has 1 aromatic rings. The van der Waals surface area contributed by atoms with Gasteiger partial charge in [-0.2, -0.15) is 0 Å². The summed E-state index contributed by atoms with van der Waals surface area (Å²) in [4.78, 5) is 11.8. The largest absolute Gasteiger partial charge is 0.462 e. The third-order valence-electron chi connectivity index (χ3n) is 4.37. The molecule has 5 heteroatoms. The number of hydrogen-bond acceptors (Lipinski definition) is 4. The van der Waals surface area contributed by atoms with Gasteiger partial charge in [0.15, 0.2) is 8.32 Å². The molecule has 0 bridgehead atoms. The van der Waals surface area contributed by atoms with Crippen LogP contribution in [-0.4, -0.2) is 38.7 Å². The first-order valence-corrected chi connectivity index (χ1v) is 11.1. The van der Waals surface area contributed by atoms with E-state index in [1.54, 1.807) is 24.3 Å². The van der Waals surface area contributed by atoms with E-state index >= 15 is 0 Å². The van der Waals surface area contributed by atoms with Crippen molar-refractivity contribution in [3.63, 3.8) is 0 Å². The fourth-order valence-corrected chi connectivity index (χ4v) is 2.79. The van der Waals surface area contributed by atoms with Crippen molar-refractivity contribution in [2.45, 2.75) is 57.8 Å². The molecule has 0 fully saturated rings. The van der Waals surface area contributed by atoms with Gasteiger partial charge in [-0.3, -0.25) is 0 Å². The van der Waals surface area contributed by atoms with Crippen molar-refractivity contribution in [1.29, 1.82) is 0 Å². The van der Waals surface area contributed by atoms with E-state index < -0.39 is 14.4 Å². The van der Waals surface area contributed by atoms with E-state index in [0.29, 0.717) is 31.6 Å². The monoisotopic (exact) mass is 338 g/mol. The number of carbonyl (C=O) groups is 1. The van der Waals surface area contributed by atoms with Gasteiger partial charge in [-0.25, -0.2) is 4.79 Å². The van der Waals surface area contributed by atoms with Crippen LogP contribution in [0.4, 0.5) is 0 Å². The average molecular weight is 339 g/mol. The van der Waals surface area contributed by atoms with E-state index in [4.69, 9.17) is 9.16 Å². The normalized spacial score (nSPS) is 13.7. The summed E-state index contributed by atoms with van der Waals surface area (Å²) in [5.41, 5.74) is 0.550. The van der Waals surface area contributed by atoms with Crippen molar-refractivity contribution < 1.29 is 19.1 Å². The van der Waals surface area contributed by atoms with Gasteiger partial charge in [-0.05, 0) is 43.1 Å². The maximum absolute atomic E-state index is 11.8. The second kappa shape index (κ2) is 8.62. The van der Waals surface area contributed by atoms with Crippen molar-refractivity contribution in [2.75, 3.05) is 13.2 Å². The molecule has 0 amide bonds. The number of aliphatic hydroxyl groups is 1. The SMILES string of the molecule is CC(C)(C)[Si](C)(C)OCC(O)CCCOC(=O)c1ccccc1. The lowest BCUT2D eigenvalue weighted by Gasteiger charge is -2.36. The second-order valence-electron chi connectivity index (χ2n) is 7.37. The van der Waals surface area contributed by atoms with E-state index in [-0.39, 0.29) is 11.0 Å². The van der Waals surface area contributed by atoms with Gasteiger partial charge in [0.2, 0.25) is 0 Å². The summed E-state index contributed by atoms with van der Waals surface area (Å²) in [6, 6.07) is 8.92. The van der Waals surface area contributed by atoms with Crippen LogP contribution in [0.1, 0.15) is 44.0 Å². The van der Waals surface area contributed by atoms with Crippen LogP contribution in [-0.2, 0) is 9.16 Å². The van der Waals surface area contributed by atoms with Crippen molar-refractivity contribution >= 4 is 14.3 Å². The average Bonchev–Trinajstić information content (AvgIpc) is 2.49. The Morgan fingerprint density at radius 2 is 1.83 bits per heavy atom. The molecule has 0 heterocycles. The first-order valence-electron chi connectivity index (χ1n) is 8.18. The molecule has 0 saturated carbocycles. The topological polar surface area (TPSA) is 55.8 Å². The molecule has 0 aliphatic rings. The number of benzene rings is 1. The molecule has 0 saturated heterocycles. The Kier molecular flexibility index (Phi) is 7.44. The molecular formula is C18H30O4Si. The lowest BCUT2D eigenvalue weighted by atomic mass is 10.2. The maximum atomic E-state index is 11.8. The van der Waals surface area contributed by atoms with E-state index in [1.807, 2.05) is 6.07 Å². The van der Waals surface area contributed by atoms with E-state index in [2.05, 4.69) is 33.9 Å². The fourth-order valence-electron chi connectivity index (χ4n) is 1.75. The van der Waals surface area contributed by atoms with E-state index in [0.717, 1.165) is 0 Å². The number of rotatable bonds is 8. The van der Waals surface area contributed by atoms with Crippen LogP contribution in [0.3, 0.4) is 0 Å². The van der Waals surface area contributed by atoms with Crippen LogP contribution in [0.2, 0.25) is 18.1 Å². The van der Waals surface area contributed by atoms with Crippen LogP contribution in [0.25, 0.3) is 0 Å². The minimum atomic E-state index is -1.82. The summed E-state index contributed by atoms with van der Waals surface area (Å²) >= 11 is 0. The number of hydrogen-bond donors (Lipinski definition) is 1. The minimum Gasteiger partial charge on any atom is -0.462 e. The third-order valence-corrected chi connectivity index (χ3v) is 8.87. The number of aliphatic hydroxyl groups excluding tert-OH is 1. The molecule has 1 unspecified atom stereocenters. The highest BCUT2D eigenvalue weighted by Gasteiger charge is 2.37. The van der Waals surface area contributed by atoms with Gasteiger partial charge in [-0.15, -0.1) is 0 Å². The van der Waals surface area contributed by atoms with Gasteiger partial charge in [0.05, 0.1) is 24.9 Å². The van der Waals surface area contributed by atoms with Gasteiger partial charge >= 0.3 is 5.97 Å². The molecule has 1 atom stereocenters. The van der Waals surface area contributed by atoms with Gasteiger partial charge in [0.25, 0.3) is 0 Å². The molecule has 4 nitrogen and oxygen atoms in total. The van der Waals surface area contributed by atoms with Crippen LogP contribution < -0.4 is 0 Å². The minimum absolute atomic E-state index is 0.137. The van der Waals surface area contributed by atoms with Crippen LogP contribution in [0.15, 0.2) is 30.3 Å². The fraction of sp³-hybridized carbons (Fsp3) is 0.611. The molecule has 1 aromatic carbocycles. The molecule has 1 N–H and O–H groups in total. The molecule has 0 aliphatic carbocycles. The third kappa shape index (κ3) is 6.85. The van der Waals surface area contributed by atoms with Gasteiger partial charge in [-0.1, -0.05) is 39.0 Å². The molecule has 0 spiro atoms. The van der Waals surface area contributed by atoms with Crippen LogP contribution in [0.5, 0.6) is 0 Å². The Labute approximate surface area is 140 Å². The summed E-state index contributed by atoms with van der Waals surface area (Å²) in [5.74, 6) is -0.322. The van der Waals surface area contributed by atoms with Gasteiger partial charge in [0.1, 0.15) is 0 Å². The quantitative estimate of drug-likeness (QED) is 0.442. The second-order valence-corrected chi connectivity index (χ2v) is 12.2. The highest BCUT2D eigenvalue weighted by molar-refractivity contribution is 6.74. The standard InChI is InChI=1S/C18H30O4Si/c1-18(2,3)23(4,5)22-14-16(19)12-9-13-21-17(20)15-10-7-6-8-11-15/h6-8,10-11,16,19H,9,12-14H2,1-5H3. The Bertz CT molecular complexity index is 480. The van der Waals surface area contributed by atoms with Gasteiger partial charge < -0.3 is 14.3 Å². The maximum Gasteiger partial charge on any atom is 0.338 e. The predicted octanol–water partition coefficient (Wildman–Crippen LogP) is 4.01. The number of esters is 1. The van der Waals surface area contributed by atoms with Gasteiger partial charge in [0, 0.05) is 0 Å². The van der Waals surface area contributed by atoms with Crippen LogP contribution >= 0.6 is 0 Å². The van der Waals surface area contributed by atoms with Crippen molar-refractivity contribution in [1.82, 2.24) is 0 Å². The summed E-state index contributed by atoms with van der Waals surface area (Å²) in [7, 11) is -1.82.